The number of nitriles is 1. The molecule has 1 heterocycles. The molecule has 2 aromatic carbocycles. The molecule has 0 aliphatic carbocycles. The molecule has 23 heavy (non-hydrogen) atoms. The van der Waals surface area contributed by atoms with Crippen LogP contribution in [-0.2, 0) is 4.84 Å². The van der Waals surface area contributed by atoms with Crippen LogP contribution in [0.15, 0.2) is 59.8 Å². The normalized spacial score (nSPS) is 18.7. The minimum atomic E-state index is -0.212. The fourth-order valence-corrected chi connectivity index (χ4v) is 2.70. The van der Waals surface area contributed by atoms with E-state index in [9.17, 15) is 0 Å². The Hall–Kier alpha value is -2.80. The Balaban J connectivity index is 1.71. The molecule has 4 nitrogen and oxygen atoms in total. The van der Waals surface area contributed by atoms with Crippen molar-refractivity contribution in [3.05, 3.63) is 65.7 Å². The summed E-state index contributed by atoms with van der Waals surface area (Å²) in [7, 11) is 0. The number of hydrogen-bond acceptors (Lipinski definition) is 4. The third-order valence-electron chi connectivity index (χ3n) is 4.24. The highest BCUT2D eigenvalue weighted by atomic mass is 16.6. The molecule has 0 bridgehead atoms. The number of hydrogen-bond donors (Lipinski definition) is 1. The molecule has 1 N–H and O–H groups in total. The van der Waals surface area contributed by atoms with Gasteiger partial charge in [0.25, 0.3) is 0 Å². The minimum absolute atomic E-state index is 0.0478. The maximum Gasteiger partial charge on any atom is 0.155 e. The van der Waals surface area contributed by atoms with E-state index >= 15 is 0 Å². The average molecular weight is 305 g/mol. The quantitative estimate of drug-likeness (QED) is 0.934. The lowest BCUT2D eigenvalue weighted by Crippen LogP contribution is -2.38. The van der Waals surface area contributed by atoms with Crippen molar-refractivity contribution in [2.45, 2.75) is 20.0 Å². The summed E-state index contributed by atoms with van der Waals surface area (Å²) in [4.78, 5) is 5.67. The molecule has 0 radical (unpaired) electrons. The van der Waals surface area contributed by atoms with Crippen molar-refractivity contribution >= 4 is 11.4 Å². The Morgan fingerprint density at radius 3 is 2.48 bits per heavy atom. The number of para-hydroxylation sites is 1. The van der Waals surface area contributed by atoms with Crippen molar-refractivity contribution in [2.24, 2.45) is 10.6 Å². The summed E-state index contributed by atoms with van der Waals surface area (Å²) in [5.74, 6) is 0. The van der Waals surface area contributed by atoms with Gasteiger partial charge in [-0.15, -0.1) is 0 Å². The van der Waals surface area contributed by atoms with E-state index in [-0.39, 0.29) is 11.5 Å². The first-order valence-electron chi connectivity index (χ1n) is 7.65. The molecule has 4 heteroatoms. The predicted molar refractivity (Wildman–Crippen MR) is 91.3 cm³/mol. The number of benzene rings is 2. The van der Waals surface area contributed by atoms with Crippen LogP contribution in [0.1, 0.15) is 25.0 Å². The summed E-state index contributed by atoms with van der Waals surface area (Å²) in [5, 5.41) is 16.6. The number of oxime groups is 1. The Morgan fingerprint density at radius 1 is 1.13 bits per heavy atom. The zero-order valence-electron chi connectivity index (χ0n) is 13.3. The van der Waals surface area contributed by atoms with E-state index in [1.807, 2.05) is 54.6 Å². The molecular weight excluding hydrogens is 286 g/mol. The van der Waals surface area contributed by atoms with Crippen LogP contribution in [0.4, 0.5) is 5.69 Å². The molecule has 0 saturated heterocycles. The van der Waals surface area contributed by atoms with Gasteiger partial charge in [0.2, 0.25) is 0 Å². The summed E-state index contributed by atoms with van der Waals surface area (Å²) in [6.07, 6.45) is -0.0478. The summed E-state index contributed by atoms with van der Waals surface area (Å²) in [6, 6.07) is 19.7. The van der Waals surface area contributed by atoms with Crippen LogP contribution in [0.25, 0.3) is 0 Å². The molecule has 1 unspecified atom stereocenters. The maximum atomic E-state index is 8.90. The first kappa shape index (κ1) is 15.1. The van der Waals surface area contributed by atoms with Crippen molar-refractivity contribution in [1.82, 2.24) is 0 Å². The zero-order chi connectivity index (χ0) is 16.3. The van der Waals surface area contributed by atoms with Gasteiger partial charge in [-0.25, -0.2) is 0 Å². The number of nitrogens with zero attached hydrogens (tertiary/aromatic N) is 2. The maximum absolute atomic E-state index is 8.90. The standard InChI is InChI=1S/C19H19N3O/c1-19(2)17(13-21-16-6-4-3-5-7-16)23-22-18(19)15-10-8-14(12-20)9-11-15/h3-11,17,21H,13H2,1-2H3. The lowest BCUT2D eigenvalue weighted by atomic mass is 9.79. The molecule has 2 aromatic rings. The van der Waals surface area contributed by atoms with Gasteiger partial charge in [0.05, 0.1) is 29.3 Å². The van der Waals surface area contributed by atoms with Crippen molar-refractivity contribution in [3.63, 3.8) is 0 Å². The zero-order valence-corrected chi connectivity index (χ0v) is 13.3. The Morgan fingerprint density at radius 2 is 1.83 bits per heavy atom. The first-order valence-corrected chi connectivity index (χ1v) is 7.65. The summed E-state index contributed by atoms with van der Waals surface area (Å²) >= 11 is 0. The first-order chi connectivity index (χ1) is 11.1. The fourth-order valence-electron chi connectivity index (χ4n) is 2.70. The highest BCUT2D eigenvalue weighted by Crippen LogP contribution is 2.35. The van der Waals surface area contributed by atoms with E-state index in [1.54, 1.807) is 0 Å². The van der Waals surface area contributed by atoms with E-state index < -0.39 is 0 Å². The number of nitrogens with one attached hydrogen (secondary N) is 1. The molecule has 0 aromatic heterocycles. The van der Waals surface area contributed by atoms with Crippen LogP contribution in [0.5, 0.6) is 0 Å². The second-order valence-corrected chi connectivity index (χ2v) is 6.19. The lowest BCUT2D eigenvalue weighted by Gasteiger charge is -2.26. The summed E-state index contributed by atoms with van der Waals surface area (Å²) < 4.78 is 0. The van der Waals surface area contributed by atoms with Gasteiger partial charge in [-0.2, -0.15) is 5.26 Å². The second kappa shape index (κ2) is 6.13. The van der Waals surface area contributed by atoms with Crippen LogP contribution in [-0.4, -0.2) is 18.4 Å². The van der Waals surface area contributed by atoms with Crippen LogP contribution < -0.4 is 5.32 Å². The van der Waals surface area contributed by atoms with E-state index in [0.29, 0.717) is 12.1 Å². The molecule has 0 saturated carbocycles. The number of anilines is 1. The highest BCUT2D eigenvalue weighted by Gasteiger charge is 2.42. The minimum Gasteiger partial charge on any atom is -0.389 e. The molecule has 1 aliphatic heterocycles. The van der Waals surface area contributed by atoms with E-state index in [1.165, 1.54) is 0 Å². The van der Waals surface area contributed by atoms with Gasteiger partial charge in [0, 0.05) is 11.3 Å². The van der Waals surface area contributed by atoms with Gasteiger partial charge < -0.3 is 10.2 Å². The van der Waals surface area contributed by atoms with Gasteiger partial charge in [-0.05, 0) is 24.3 Å². The summed E-state index contributed by atoms with van der Waals surface area (Å²) in [5.41, 5.74) is 3.42. The largest absolute Gasteiger partial charge is 0.389 e. The molecular formula is C19H19N3O. The van der Waals surface area contributed by atoms with Crippen LogP contribution in [0.3, 0.4) is 0 Å². The van der Waals surface area contributed by atoms with Gasteiger partial charge >= 0.3 is 0 Å². The van der Waals surface area contributed by atoms with Crippen LogP contribution in [0.2, 0.25) is 0 Å². The predicted octanol–water partition coefficient (Wildman–Crippen LogP) is 3.80. The Labute approximate surface area is 136 Å². The molecule has 1 atom stereocenters. The van der Waals surface area contributed by atoms with Gasteiger partial charge in [-0.1, -0.05) is 49.3 Å². The van der Waals surface area contributed by atoms with Gasteiger partial charge in [-0.3, -0.25) is 0 Å². The van der Waals surface area contributed by atoms with E-state index in [2.05, 4.69) is 30.4 Å². The van der Waals surface area contributed by atoms with Crippen molar-refractivity contribution in [1.29, 1.82) is 5.26 Å². The van der Waals surface area contributed by atoms with E-state index in [4.69, 9.17) is 10.1 Å². The van der Waals surface area contributed by atoms with Gasteiger partial charge in [0.15, 0.2) is 6.10 Å². The Kier molecular flexibility index (Phi) is 4.03. The highest BCUT2D eigenvalue weighted by molar-refractivity contribution is 6.05. The molecule has 3 rings (SSSR count). The van der Waals surface area contributed by atoms with Crippen molar-refractivity contribution in [2.75, 3.05) is 11.9 Å². The monoisotopic (exact) mass is 305 g/mol. The topological polar surface area (TPSA) is 57.4 Å². The third-order valence-corrected chi connectivity index (χ3v) is 4.24. The van der Waals surface area contributed by atoms with Crippen molar-refractivity contribution in [3.8, 4) is 6.07 Å². The Bertz CT molecular complexity index is 742. The lowest BCUT2D eigenvalue weighted by molar-refractivity contribution is 0.0465. The molecule has 0 spiro atoms. The van der Waals surface area contributed by atoms with Crippen LogP contribution >= 0.6 is 0 Å². The fraction of sp³-hybridized carbons (Fsp3) is 0.263. The molecule has 0 amide bonds. The molecule has 116 valence electrons. The van der Waals surface area contributed by atoms with E-state index in [0.717, 1.165) is 17.0 Å². The third kappa shape index (κ3) is 3.04. The average Bonchev–Trinajstić information content (AvgIpc) is 2.88. The molecule has 0 fully saturated rings. The van der Waals surface area contributed by atoms with Crippen molar-refractivity contribution < 1.29 is 4.84 Å². The number of rotatable bonds is 4. The smallest absolute Gasteiger partial charge is 0.155 e. The molecule has 1 aliphatic rings. The van der Waals surface area contributed by atoms with Gasteiger partial charge in [0.1, 0.15) is 0 Å². The summed E-state index contributed by atoms with van der Waals surface area (Å²) in [6.45, 7) is 4.95. The SMILES string of the molecule is CC1(C)C(c2ccc(C#N)cc2)=NOC1CNc1ccccc1. The second-order valence-electron chi connectivity index (χ2n) is 6.19. The van der Waals surface area contributed by atoms with Crippen LogP contribution in [0, 0.1) is 16.7 Å².